The molecule has 3 heteroatoms. The standard InChI is InChI=1S/C15H25NO2/c1-12(2)14(11-18-3)16-10-9-15(17)13-7-5-4-6-8-13/h4-8,12,14-17H,9-11H2,1-3H3/t14?,15-/m1/s1. The fourth-order valence-electron chi connectivity index (χ4n) is 1.91. The second-order valence-electron chi connectivity index (χ2n) is 4.98. The van der Waals surface area contributed by atoms with E-state index in [1.54, 1.807) is 7.11 Å². The summed E-state index contributed by atoms with van der Waals surface area (Å²) >= 11 is 0. The third kappa shape index (κ3) is 5.17. The third-order valence-electron chi connectivity index (χ3n) is 3.16. The Labute approximate surface area is 110 Å². The number of methoxy groups -OCH3 is 1. The molecule has 0 heterocycles. The Hall–Kier alpha value is -0.900. The Balaban J connectivity index is 2.32. The Morgan fingerprint density at radius 1 is 1.22 bits per heavy atom. The molecule has 1 unspecified atom stereocenters. The van der Waals surface area contributed by atoms with Crippen molar-refractivity contribution in [2.45, 2.75) is 32.4 Å². The lowest BCUT2D eigenvalue weighted by molar-refractivity contribution is 0.135. The molecule has 0 saturated heterocycles. The summed E-state index contributed by atoms with van der Waals surface area (Å²) in [5.74, 6) is 0.527. The second kappa shape index (κ2) is 8.25. The van der Waals surface area contributed by atoms with Crippen LogP contribution in [0.25, 0.3) is 0 Å². The van der Waals surface area contributed by atoms with Crippen molar-refractivity contribution in [2.75, 3.05) is 20.3 Å². The summed E-state index contributed by atoms with van der Waals surface area (Å²) in [6.07, 6.45) is 0.325. The van der Waals surface area contributed by atoms with Gasteiger partial charge in [-0.25, -0.2) is 0 Å². The van der Waals surface area contributed by atoms with E-state index in [-0.39, 0.29) is 0 Å². The fourth-order valence-corrected chi connectivity index (χ4v) is 1.91. The van der Waals surface area contributed by atoms with Crippen molar-refractivity contribution in [3.8, 4) is 0 Å². The van der Waals surface area contributed by atoms with Crippen LogP contribution in [0.3, 0.4) is 0 Å². The predicted octanol–water partition coefficient (Wildman–Crippen LogP) is 2.37. The predicted molar refractivity (Wildman–Crippen MR) is 74.5 cm³/mol. The highest BCUT2D eigenvalue weighted by atomic mass is 16.5. The van der Waals surface area contributed by atoms with Crippen LogP contribution in [0.5, 0.6) is 0 Å². The number of benzene rings is 1. The number of rotatable bonds is 8. The van der Waals surface area contributed by atoms with Gasteiger partial charge >= 0.3 is 0 Å². The van der Waals surface area contributed by atoms with Crippen LogP contribution in [-0.4, -0.2) is 31.4 Å². The van der Waals surface area contributed by atoms with Crippen LogP contribution >= 0.6 is 0 Å². The van der Waals surface area contributed by atoms with Crippen LogP contribution in [-0.2, 0) is 4.74 Å². The van der Waals surface area contributed by atoms with Crippen LogP contribution in [0.4, 0.5) is 0 Å². The Morgan fingerprint density at radius 2 is 1.89 bits per heavy atom. The van der Waals surface area contributed by atoms with Crippen LogP contribution in [0.15, 0.2) is 30.3 Å². The highest BCUT2D eigenvalue weighted by Crippen LogP contribution is 2.15. The van der Waals surface area contributed by atoms with Gasteiger partial charge in [-0.15, -0.1) is 0 Å². The monoisotopic (exact) mass is 251 g/mol. The molecule has 0 spiro atoms. The Bertz CT molecular complexity index is 314. The number of nitrogens with one attached hydrogen (secondary N) is 1. The summed E-state index contributed by atoms with van der Waals surface area (Å²) in [5.41, 5.74) is 0.979. The summed E-state index contributed by atoms with van der Waals surface area (Å²) in [6.45, 7) is 5.84. The molecule has 0 aliphatic rings. The zero-order chi connectivity index (χ0) is 13.4. The smallest absolute Gasteiger partial charge is 0.0802 e. The molecule has 1 rings (SSSR count). The first-order valence-electron chi connectivity index (χ1n) is 6.60. The first-order chi connectivity index (χ1) is 8.65. The van der Waals surface area contributed by atoms with Gasteiger partial charge in [0.1, 0.15) is 0 Å². The van der Waals surface area contributed by atoms with Crippen molar-refractivity contribution in [3.63, 3.8) is 0 Å². The molecule has 0 aliphatic carbocycles. The molecule has 0 aliphatic heterocycles. The molecule has 1 aromatic rings. The normalized spacial score (nSPS) is 14.7. The van der Waals surface area contributed by atoms with Crippen molar-refractivity contribution in [1.82, 2.24) is 5.32 Å². The van der Waals surface area contributed by atoms with Crippen LogP contribution < -0.4 is 5.32 Å². The second-order valence-corrected chi connectivity index (χ2v) is 4.98. The van der Waals surface area contributed by atoms with Crippen LogP contribution in [0.2, 0.25) is 0 Å². The molecule has 2 N–H and O–H groups in total. The van der Waals surface area contributed by atoms with E-state index >= 15 is 0 Å². The molecular weight excluding hydrogens is 226 g/mol. The van der Waals surface area contributed by atoms with Crippen molar-refractivity contribution in [3.05, 3.63) is 35.9 Å². The van der Waals surface area contributed by atoms with E-state index in [0.29, 0.717) is 18.6 Å². The number of ether oxygens (including phenoxy) is 1. The topological polar surface area (TPSA) is 41.5 Å². The minimum atomic E-state index is -0.394. The average Bonchev–Trinajstić information content (AvgIpc) is 2.38. The molecule has 3 nitrogen and oxygen atoms in total. The third-order valence-corrected chi connectivity index (χ3v) is 3.16. The minimum absolute atomic E-state index is 0.345. The molecule has 18 heavy (non-hydrogen) atoms. The lowest BCUT2D eigenvalue weighted by atomic mass is 10.0. The first-order valence-corrected chi connectivity index (χ1v) is 6.60. The summed E-state index contributed by atoms with van der Waals surface area (Å²) in [5, 5.41) is 13.5. The number of hydrogen-bond donors (Lipinski definition) is 2. The summed E-state index contributed by atoms with van der Waals surface area (Å²) in [7, 11) is 1.72. The minimum Gasteiger partial charge on any atom is -0.388 e. The Kier molecular flexibility index (Phi) is 6.94. The van der Waals surface area contributed by atoms with E-state index in [9.17, 15) is 5.11 Å². The maximum absolute atomic E-state index is 10.0. The lowest BCUT2D eigenvalue weighted by Gasteiger charge is -2.22. The molecule has 0 bridgehead atoms. The maximum Gasteiger partial charge on any atom is 0.0802 e. The molecule has 1 aromatic carbocycles. The molecule has 0 fully saturated rings. The van der Waals surface area contributed by atoms with E-state index in [1.807, 2.05) is 30.3 Å². The van der Waals surface area contributed by atoms with Gasteiger partial charge in [-0.3, -0.25) is 0 Å². The molecule has 0 amide bonds. The van der Waals surface area contributed by atoms with Gasteiger partial charge in [0, 0.05) is 13.2 Å². The first kappa shape index (κ1) is 15.2. The van der Waals surface area contributed by atoms with E-state index in [0.717, 1.165) is 18.5 Å². The van der Waals surface area contributed by atoms with Gasteiger partial charge in [0.25, 0.3) is 0 Å². The van der Waals surface area contributed by atoms with E-state index < -0.39 is 6.10 Å². The van der Waals surface area contributed by atoms with Crippen molar-refractivity contribution in [2.24, 2.45) is 5.92 Å². The van der Waals surface area contributed by atoms with Gasteiger partial charge in [0.05, 0.1) is 12.7 Å². The molecule has 0 radical (unpaired) electrons. The summed E-state index contributed by atoms with van der Waals surface area (Å²) in [6, 6.07) is 10.1. The van der Waals surface area contributed by atoms with Gasteiger partial charge in [0.2, 0.25) is 0 Å². The van der Waals surface area contributed by atoms with Gasteiger partial charge in [0.15, 0.2) is 0 Å². The van der Waals surface area contributed by atoms with E-state index in [4.69, 9.17) is 4.74 Å². The van der Waals surface area contributed by atoms with Gasteiger partial charge in [-0.05, 0) is 24.4 Å². The highest BCUT2D eigenvalue weighted by Gasteiger charge is 2.13. The zero-order valence-corrected chi connectivity index (χ0v) is 11.6. The van der Waals surface area contributed by atoms with Crippen molar-refractivity contribution >= 4 is 0 Å². The van der Waals surface area contributed by atoms with E-state index in [2.05, 4.69) is 19.2 Å². The number of aliphatic hydroxyl groups is 1. The molecule has 2 atom stereocenters. The Morgan fingerprint density at radius 3 is 2.44 bits per heavy atom. The summed E-state index contributed by atoms with van der Waals surface area (Å²) in [4.78, 5) is 0. The highest BCUT2D eigenvalue weighted by molar-refractivity contribution is 5.17. The fraction of sp³-hybridized carbons (Fsp3) is 0.600. The van der Waals surface area contributed by atoms with Crippen LogP contribution in [0, 0.1) is 5.92 Å². The van der Waals surface area contributed by atoms with Crippen molar-refractivity contribution in [1.29, 1.82) is 0 Å². The molecule has 102 valence electrons. The van der Waals surface area contributed by atoms with Crippen molar-refractivity contribution < 1.29 is 9.84 Å². The van der Waals surface area contributed by atoms with Gasteiger partial charge in [-0.1, -0.05) is 44.2 Å². The average molecular weight is 251 g/mol. The quantitative estimate of drug-likeness (QED) is 0.745. The van der Waals surface area contributed by atoms with Gasteiger partial charge < -0.3 is 15.2 Å². The molecule has 0 saturated carbocycles. The number of aliphatic hydroxyl groups excluding tert-OH is 1. The SMILES string of the molecule is COCC(NCC[C@@H](O)c1ccccc1)C(C)C. The number of hydrogen-bond acceptors (Lipinski definition) is 3. The zero-order valence-electron chi connectivity index (χ0n) is 11.6. The van der Waals surface area contributed by atoms with Gasteiger partial charge in [-0.2, -0.15) is 0 Å². The maximum atomic E-state index is 10.0. The summed E-state index contributed by atoms with van der Waals surface area (Å²) < 4.78 is 5.18. The van der Waals surface area contributed by atoms with Crippen LogP contribution in [0.1, 0.15) is 31.9 Å². The molecular formula is C15H25NO2. The molecule has 0 aromatic heterocycles. The largest absolute Gasteiger partial charge is 0.388 e. The lowest BCUT2D eigenvalue weighted by Crippen LogP contribution is -2.38. The van der Waals surface area contributed by atoms with E-state index in [1.165, 1.54) is 0 Å².